The van der Waals surface area contributed by atoms with Crippen molar-refractivity contribution in [2.75, 3.05) is 6.61 Å². The van der Waals surface area contributed by atoms with Crippen LogP contribution in [0.25, 0.3) is 0 Å². The van der Waals surface area contributed by atoms with E-state index in [0.717, 1.165) is 6.07 Å². The van der Waals surface area contributed by atoms with Crippen molar-refractivity contribution in [1.29, 1.82) is 0 Å². The zero-order valence-corrected chi connectivity index (χ0v) is 16.9. The first-order valence-corrected chi connectivity index (χ1v) is 10.2. The Morgan fingerprint density at radius 1 is 1.26 bits per heavy atom. The molecule has 0 atom stereocenters. The van der Waals surface area contributed by atoms with Crippen LogP contribution in [0.1, 0.15) is 49.8 Å². The number of rotatable bonds is 6. The largest absolute Gasteiger partial charge is 0.484 e. The van der Waals surface area contributed by atoms with Crippen LogP contribution in [0.4, 0.5) is 17.6 Å². The highest BCUT2D eigenvalue weighted by Gasteiger charge is 2.72. The zero-order valence-electron chi connectivity index (χ0n) is 16.1. The van der Waals surface area contributed by atoms with E-state index < -0.39 is 17.9 Å². The second kappa shape index (κ2) is 6.82. The van der Waals surface area contributed by atoms with Crippen LogP contribution in [0.5, 0.6) is 5.75 Å². The number of amides is 1. The van der Waals surface area contributed by atoms with Gasteiger partial charge in [-0.15, -0.1) is 10.2 Å². The Balaban J connectivity index is 1.10. The van der Waals surface area contributed by atoms with Crippen molar-refractivity contribution in [2.24, 2.45) is 5.92 Å². The summed E-state index contributed by atoms with van der Waals surface area (Å²) in [6.45, 7) is -0.261. The standard InChI is InChI=1S/C20H18ClF4N3O3/c21-13-2-1-12(5-14(13)22)30-6-15(29)26-19-7-18(8-19,9-19)17-28-27-16(31-17)10-3-11(4-10)20(23,24)25/h1-2,5,10-11H,3-4,6-9H2,(H,26,29)/t10-,11+,18?,19?. The summed E-state index contributed by atoms with van der Waals surface area (Å²) in [6, 6.07) is 3.93. The fourth-order valence-corrected chi connectivity index (χ4v) is 5.01. The van der Waals surface area contributed by atoms with Crippen LogP contribution in [0, 0.1) is 11.7 Å². The van der Waals surface area contributed by atoms with Crippen molar-refractivity contribution in [3.8, 4) is 5.75 Å². The molecule has 0 spiro atoms. The summed E-state index contributed by atoms with van der Waals surface area (Å²) < 4.78 is 62.4. The Labute approximate surface area is 179 Å². The third-order valence-corrected chi connectivity index (χ3v) is 6.85. The van der Waals surface area contributed by atoms with E-state index in [1.54, 1.807) is 0 Å². The highest BCUT2D eigenvalue weighted by atomic mass is 35.5. The molecule has 2 bridgehead atoms. The predicted octanol–water partition coefficient (Wildman–Crippen LogP) is 4.29. The minimum atomic E-state index is -4.18. The number of carbonyl (C=O) groups excluding carboxylic acids is 1. The molecule has 0 radical (unpaired) electrons. The van der Waals surface area contributed by atoms with E-state index in [9.17, 15) is 22.4 Å². The molecular formula is C20H18ClF4N3O3. The summed E-state index contributed by atoms with van der Waals surface area (Å²) in [4.78, 5) is 12.2. The van der Waals surface area contributed by atoms with E-state index in [-0.39, 0.29) is 58.9 Å². The van der Waals surface area contributed by atoms with Crippen LogP contribution in [0.3, 0.4) is 0 Å². The second-order valence-corrected chi connectivity index (χ2v) is 9.26. The Hall–Kier alpha value is -2.36. The van der Waals surface area contributed by atoms with Crippen molar-refractivity contribution < 1.29 is 31.5 Å². The van der Waals surface area contributed by atoms with Gasteiger partial charge in [0, 0.05) is 17.5 Å². The first-order valence-electron chi connectivity index (χ1n) is 9.87. The van der Waals surface area contributed by atoms with E-state index in [0.29, 0.717) is 25.2 Å². The summed E-state index contributed by atoms with van der Waals surface area (Å²) in [6.07, 6.45) is -2.34. The molecule has 4 fully saturated rings. The summed E-state index contributed by atoms with van der Waals surface area (Å²) >= 11 is 5.61. The number of ether oxygens (including phenoxy) is 1. The molecule has 4 aliphatic rings. The maximum absolute atomic E-state index is 13.4. The van der Waals surface area contributed by atoms with Gasteiger partial charge in [-0.3, -0.25) is 4.79 Å². The fraction of sp³-hybridized carbons (Fsp3) is 0.550. The van der Waals surface area contributed by atoms with Gasteiger partial charge in [0.15, 0.2) is 6.61 Å². The Morgan fingerprint density at radius 2 is 1.97 bits per heavy atom. The van der Waals surface area contributed by atoms with E-state index in [4.69, 9.17) is 20.8 Å². The molecule has 11 heteroatoms. The van der Waals surface area contributed by atoms with Gasteiger partial charge in [-0.2, -0.15) is 13.2 Å². The van der Waals surface area contributed by atoms with Crippen LogP contribution in [0.2, 0.25) is 5.02 Å². The molecule has 166 valence electrons. The molecule has 0 saturated heterocycles. The van der Waals surface area contributed by atoms with Gasteiger partial charge in [-0.05, 0) is 44.2 Å². The summed E-state index contributed by atoms with van der Waals surface area (Å²) in [7, 11) is 0. The number of nitrogens with zero attached hydrogens (tertiary/aromatic N) is 2. The zero-order chi connectivity index (χ0) is 22.0. The molecule has 0 unspecified atom stereocenters. The van der Waals surface area contributed by atoms with Crippen LogP contribution in [-0.2, 0) is 10.2 Å². The lowest BCUT2D eigenvalue weighted by atomic mass is 9.39. The van der Waals surface area contributed by atoms with Gasteiger partial charge in [0.1, 0.15) is 11.6 Å². The van der Waals surface area contributed by atoms with Crippen LogP contribution >= 0.6 is 11.6 Å². The summed E-state index contributed by atoms with van der Waals surface area (Å²) in [5.74, 6) is -1.70. The third kappa shape index (κ3) is 3.54. The topological polar surface area (TPSA) is 77.2 Å². The summed E-state index contributed by atoms with van der Waals surface area (Å²) in [5.41, 5.74) is -0.677. The lowest BCUT2D eigenvalue weighted by molar-refractivity contribution is -0.199. The first kappa shape index (κ1) is 20.5. The van der Waals surface area contributed by atoms with Crippen molar-refractivity contribution in [1.82, 2.24) is 15.5 Å². The molecular weight excluding hydrogens is 442 g/mol. The van der Waals surface area contributed by atoms with Gasteiger partial charge in [0.25, 0.3) is 5.91 Å². The molecule has 6 nitrogen and oxygen atoms in total. The van der Waals surface area contributed by atoms with Crippen molar-refractivity contribution in [3.63, 3.8) is 0 Å². The number of nitrogens with one attached hydrogen (secondary N) is 1. The minimum absolute atomic E-state index is 0.0182. The van der Waals surface area contributed by atoms with Crippen molar-refractivity contribution in [3.05, 3.63) is 40.8 Å². The fourth-order valence-electron chi connectivity index (χ4n) is 4.90. The molecule has 1 N–H and O–H groups in total. The highest BCUT2D eigenvalue weighted by Crippen LogP contribution is 2.67. The van der Waals surface area contributed by atoms with Gasteiger partial charge in [0.05, 0.1) is 16.4 Å². The number of halogens is 5. The smallest absolute Gasteiger partial charge is 0.391 e. The van der Waals surface area contributed by atoms with Crippen molar-refractivity contribution >= 4 is 17.5 Å². The lowest BCUT2D eigenvalue weighted by Crippen LogP contribution is -2.77. The summed E-state index contributed by atoms with van der Waals surface area (Å²) in [5, 5.41) is 10.9. The molecule has 4 saturated carbocycles. The quantitative estimate of drug-likeness (QED) is 0.652. The van der Waals surface area contributed by atoms with Gasteiger partial charge >= 0.3 is 6.18 Å². The Kier molecular flexibility index (Phi) is 4.52. The normalized spacial score (nSPS) is 31.3. The van der Waals surface area contributed by atoms with E-state index >= 15 is 0 Å². The van der Waals surface area contributed by atoms with Crippen LogP contribution < -0.4 is 10.1 Å². The number of hydrogen-bond acceptors (Lipinski definition) is 5. The molecule has 2 aromatic rings. The van der Waals surface area contributed by atoms with Gasteiger partial charge in [-0.25, -0.2) is 4.39 Å². The van der Waals surface area contributed by atoms with Crippen molar-refractivity contribution in [2.45, 2.75) is 55.2 Å². The highest BCUT2D eigenvalue weighted by molar-refractivity contribution is 6.30. The number of aromatic nitrogens is 2. The number of carbonyl (C=O) groups is 1. The molecule has 0 aliphatic heterocycles. The van der Waals surface area contributed by atoms with E-state index in [1.807, 2.05) is 0 Å². The third-order valence-electron chi connectivity index (χ3n) is 6.54. The minimum Gasteiger partial charge on any atom is -0.484 e. The monoisotopic (exact) mass is 459 g/mol. The maximum Gasteiger partial charge on any atom is 0.391 e. The van der Waals surface area contributed by atoms with Crippen LogP contribution in [0.15, 0.2) is 22.6 Å². The Bertz CT molecular complexity index is 1020. The van der Waals surface area contributed by atoms with Crippen LogP contribution in [-0.4, -0.2) is 34.4 Å². The van der Waals surface area contributed by atoms with Gasteiger partial charge in [0.2, 0.25) is 11.8 Å². The lowest BCUT2D eigenvalue weighted by Gasteiger charge is -2.68. The average Bonchev–Trinajstić information content (AvgIpc) is 3.04. The number of benzene rings is 1. The van der Waals surface area contributed by atoms with E-state index in [1.165, 1.54) is 12.1 Å². The molecule has 31 heavy (non-hydrogen) atoms. The Morgan fingerprint density at radius 3 is 2.61 bits per heavy atom. The van der Waals surface area contributed by atoms with Gasteiger partial charge < -0.3 is 14.5 Å². The predicted molar refractivity (Wildman–Crippen MR) is 99.1 cm³/mol. The molecule has 1 heterocycles. The molecule has 1 aromatic heterocycles. The number of alkyl halides is 3. The molecule has 1 aromatic carbocycles. The average molecular weight is 460 g/mol. The number of hydrogen-bond donors (Lipinski definition) is 1. The molecule has 4 aliphatic carbocycles. The maximum atomic E-state index is 13.4. The first-order chi connectivity index (χ1) is 14.6. The molecule has 6 rings (SSSR count). The SMILES string of the molecule is O=C(COc1ccc(Cl)c(F)c1)NC12CC(c3nnc([C@H]4C[C@@H](C(F)(F)F)C4)o3)(C1)C2. The molecule has 1 amide bonds. The second-order valence-electron chi connectivity index (χ2n) is 8.86. The van der Waals surface area contributed by atoms with E-state index in [2.05, 4.69) is 15.5 Å². The van der Waals surface area contributed by atoms with Gasteiger partial charge in [-0.1, -0.05) is 11.6 Å².